The number of carbonyl (C=O) groups excluding carboxylic acids is 1. The zero-order valence-electron chi connectivity index (χ0n) is 16.7. The Bertz CT molecular complexity index is 1050. The monoisotopic (exact) mass is 407 g/mol. The summed E-state index contributed by atoms with van der Waals surface area (Å²) in [6.45, 7) is 4.00. The standard InChI is InChI=1S/C21H25N7O2/c1-14-5-2-3-6-18(14)26-21(30)28-20-25-13-17(19(29)27-20)15-7-8-16(24-11-15)12-23-10-4-9-22/h2-3,5-8,11,13,23H,4,9-10,12,22H2,1H3,(H3,25,26,27,28,29,30). The van der Waals surface area contributed by atoms with Gasteiger partial charge in [0, 0.05) is 30.2 Å². The van der Waals surface area contributed by atoms with E-state index in [1.807, 2.05) is 37.3 Å². The van der Waals surface area contributed by atoms with Crippen LogP contribution in [-0.2, 0) is 6.54 Å². The molecule has 0 saturated heterocycles. The lowest BCUT2D eigenvalue weighted by Crippen LogP contribution is -2.23. The fraction of sp³-hybridized carbons (Fsp3) is 0.238. The Labute approximate surface area is 174 Å². The Morgan fingerprint density at radius 1 is 1.17 bits per heavy atom. The number of pyridine rings is 1. The fourth-order valence-electron chi connectivity index (χ4n) is 2.77. The molecule has 1 aromatic carbocycles. The molecule has 0 aliphatic carbocycles. The van der Waals surface area contributed by atoms with Crippen LogP contribution in [0.3, 0.4) is 0 Å². The van der Waals surface area contributed by atoms with Gasteiger partial charge in [-0.2, -0.15) is 4.98 Å². The predicted molar refractivity (Wildman–Crippen MR) is 117 cm³/mol. The third-order valence-electron chi connectivity index (χ3n) is 4.42. The van der Waals surface area contributed by atoms with E-state index < -0.39 is 11.6 Å². The molecular weight excluding hydrogens is 382 g/mol. The van der Waals surface area contributed by atoms with Crippen LogP contribution in [0.25, 0.3) is 11.1 Å². The van der Waals surface area contributed by atoms with E-state index in [2.05, 4.69) is 30.9 Å². The van der Waals surface area contributed by atoms with Crippen molar-refractivity contribution in [3.8, 4) is 11.1 Å². The van der Waals surface area contributed by atoms with Crippen molar-refractivity contribution in [2.24, 2.45) is 5.73 Å². The highest BCUT2D eigenvalue weighted by molar-refractivity contribution is 5.99. The van der Waals surface area contributed by atoms with E-state index in [1.165, 1.54) is 6.20 Å². The van der Waals surface area contributed by atoms with E-state index in [9.17, 15) is 9.59 Å². The number of para-hydroxylation sites is 1. The summed E-state index contributed by atoms with van der Waals surface area (Å²) in [5, 5.41) is 8.50. The number of nitrogens with zero attached hydrogens (tertiary/aromatic N) is 2. The summed E-state index contributed by atoms with van der Waals surface area (Å²) in [5.41, 5.74) is 8.49. The van der Waals surface area contributed by atoms with Crippen LogP contribution in [0.15, 0.2) is 53.6 Å². The summed E-state index contributed by atoms with van der Waals surface area (Å²) in [5.74, 6) is 0.0588. The van der Waals surface area contributed by atoms with Gasteiger partial charge in [0.1, 0.15) is 0 Å². The maximum atomic E-state index is 12.4. The number of hydrogen-bond donors (Lipinski definition) is 5. The number of rotatable bonds is 8. The van der Waals surface area contributed by atoms with Gasteiger partial charge in [-0.3, -0.25) is 15.1 Å². The number of amides is 2. The molecule has 9 nitrogen and oxygen atoms in total. The molecule has 9 heteroatoms. The number of aromatic amines is 1. The van der Waals surface area contributed by atoms with Gasteiger partial charge in [0.25, 0.3) is 5.56 Å². The average Bonchev–Trinajstić information content (AvgIpc) is 2.74. The summed E-state index contributed by atoms with van der Waals surface area (Å²) < 4.78 is 0. The Morgan fingerprint density at radius 2 is 2.00 bits per heavy atom. The predicted octanol–water partition coefficient (Wildman–Crippen LogP) is 2.22. The molecule has 0 radical (unpaired) electrons. The highest BCUT2D eigenvalue weighted by Crippen LogP contribution is 2.15. The van der Waals surface area contributed by atoms with Crippen molar-refractivity contribution in [3.63, 3.8) is 0 Å². The lowest BCUT2D eigenvalue weighted by atomic mass is 10.1. The molecule has 0 aliphatic heterocycles. The van der Waals surface area contributed by atoms with Gasteiger partial charge in [-0.05, 0) is 44.1 Å². The van der Waals surface area contributed by atoms with Crippen molar-refractivity contribution < 1.29 is 4.79 Å². The molecule has 0 spiro atoms. The molecule has 0 saturated carbocycles. The van der Waals surface area contributed by atoms with E-state index in [4.69, 9.17) is 5.73 Å². The first kappa shape index (κ1) is 21.2. The molecule has 0 bridgehead atoms. The molecule has 2 aromatic heterocycles. The Hall–Kier alpha value is -3.56. The third kappa shape index (κ3) is 5.72. The van der Waals surface area contributed by atoms with Gasteiger partial charge in [-0.1, -0.05) is 24.3 Å². The highest BCUT2D eigenvalue weighted by Gasteiger charge is 2.10. The second kappa shape index (κ2) is 10.3. The minimum Gasteiger partial charge on any atom is -0.331 e. The number of nitrogens with two attached hydrogens (primary N) is 1. The summed E-state index contributed by atoms with van der Waals surface area (Å²) in [6.07, 6.45) is 4.04. The summed E-state index contributed by atoms with van der Waals surface area (Å²) in [4.78, 5) is 35.7. The second-order valence-corrected chi connectivity index (χ2v) is 6.72. The van der Waals surface area contributed by atoms with Crippen LogP contribution in [0.5, 0.6) is 0 Å². The van der Waals surface area contributed by atoms with Crippen molar-refractivity contribution >= 4 is 17.7 Å². The summed E-state index contributed by atoms with van der Waals surface area (Å²) in [7, 11) is 0. The van der Waals surface area contributed by atoms with Crippen LogP contribution in [0, 0.1) is 6.92 Å². The smallest absolute Gasteiger partial charge is 0.326 e. The molecule has 0 aliphatic rings. The molecule has 0 fully saturated rings. The number of aromatic nitrogens is 3. The Kier molecular flexibility index (Phi) is 7.25. The van der Waals surface area contributed by atoms with Gasteiger partial charge in [-0.25, -0.2) is 4.79 Å². The molecule has 0 unspecified atom stereocenters. The SMILES string of the molecule is Cc1ccccc1NC(=O)Nc1nc(=O)c(-c2ccc(CNCCCN)nc2)c[nH]1. The molecule has 6 N–H and O–H groups in total. The topological polar surface area (TPSA) is 138 Å². The number of hydrogen-bond acceptors (Lipinski definition) is 6. The number of urea groups is 1. The maximum absolute atomic E-state index is 12.4. The van der Waals surface area contributed by atoms with Crippen LogP contribution in [0.4, 0.5) is 16.4 Å². The van der Waals surface area contributed by atoms with Gasteiger partial charge < -0.3 is 21.4 Å². The van der Waals surface area contributed by atoms with E-state index in [0.29, 0.717) is 29.9 Å². The first-order chi connectivity index (χ1) is 14.6. The van der Waals surface area contributed by atoms with E-state index in [1.54, 1.807) is 12.3 Å². The normalized spacial score (nSPS) is 10.6. The number of carbonyl (C=O) groups is 1. The molecule has 3 aromatic rings. The molecule has 0 atom stereocenters. The van der Waals surface area contributed by atoms with Gasteiger partial charge in [0.15, 0.2) is 0 Å². The summed E-state index contributed by atoms with van der Waals surface area (Å²) in [6, 6.07) is 10.6. The number of benzene rings is 1. The zero-order valence-corrected chi connectivity index (χ0v) is 16.7. The third-order valence-corrected chi connectivity index (χ3v) is 4.42. The first-order valence-electron chi connectivity index (χ1n) is 9.66. The van der Waals surface area contributed by atoms with Crippen molar-refractivity contribution in [1.82, 2.24) is 20.3 Å². The van der Waals surface area contributed by atoms with Crippen LogP contribution in [0.2, 0.25) is 0 Å². The fourth-order valence-corrected chi connectivity index (χ4v) is 2.77. The molecule has 156 valence electrons. The minimum absolute atomic E-state index is 0.0588. The van der Waals surface area contributed by atoms with Gasteiger partial charge in [-0.15, -0.1) is 0 Å². The van der Waals surface area contributed by atoms with Gasteiger partial charge in [0.2, 0.25) is 5.95 Å². The molecule has 30 heavy (non-hydrogen) atoms. The Morgan fingerprint density at radius 3 is 2.70 bits per heavy atom. The van der Waals surface area contributed by atoms with Crippen molar-refractivity contribution in [1.29, 1.82) is 0 Å². The zero-order chi connectivity index (χ0) is 21.3. The lowest BCUT2D eigenvalue weighted by Gasteiger charge is -2.09. The highest BCUT2D eigenvalue weighted by atomic mass is 16.2. The van der Waals surface area contributed by atoms with Crippen molar-refractivity contribution in [2.45, 2.75) is 19.9 Å². The number of H-pyrrole nitrogens is 1. The van der Waals surface area contributed by atoms with Crippen molar-refractivity contribution in [2.75, 3.05) is 23.7 Å². The van der Waals surface area contributed by atoms with Crippen LogP contribution in [0.1, 0.15) is 17.7 Å². The molecule has 3 rings (SSSR count). The second-order valence-electron chi connectivity index (χ2n) is 6.72. The average molecular weight is 407 g/mol. The lowest BCUT2D eigenvalue weighted by molar-refractivity contribution is 0.262. The molecule has 2 amide bonds. The molecule has 2 heterocycles. The number of nitrogens with one attached hydrogen (secondary N) is 4. The van der Waals surface area contributed by atoms with Gasteiger partial charge >= 0.3 is 6.03 Å². The Balaban J connectivity index is 1.63. The van der Waals surface area contributed by atoms with E-state index in [0.717, 1.165) is 24.2 Å². The quantitative estimate of drug-likeness (QED) is 0.363. The van der Waals surface area contributed by atoms with Crippen LogP contribution in [-0.4, -0.2) is 34.1 Å². The van der Waals surface area contributed by atoms with Crippen molar-refractivity contribution in [3.05, 3.63) is 70.4 Å². The first-order valence-corrected chi connectivity index (χ1v) is 9.66. The molecular formula is C21H25N7O2. The van der Waals surface area contributed by atoms with Crippen LogP contribution >= 0.6 is 0 Å². The van der Waals surface area contributed by atoms with E-state index in [-0.39, 0.29) is 5.95 Å². The minimum atomic E-state index is -0.492. The van der Waals surface area contributed by atoms with Crippen LogP contribution < -0.4 is 27.2 Å². The van der Waals surface area contributed by atoms with E-state index >= 15 is 0 Å². The van der Waals surface area contributed by atoms with Gasteiger partial charge in [0.05, 0.1) is 11.3 Å². The number of anilines is 2. The number of aryl methyl sites for hydroxylation is 1. The largest absolute Gasteiger partial charge is 0.331 e. The maximum Gasteiger partial charge on any atom is 0.326 e. The summed E-state index contributed by atoms with van der Waals surface area (Å²) >= 11 is 0.